The second kappa shape index (κ2) is 4.97. The van der Waals surface area contributed by atoms with Gasteiger partial charge in [-0.05, 0) is 19.1 Å². The molecule has 0 fully saturated rings. The molecule has 0 amide bonds. The maximum absolute atomic E-state index is 11.2. The number of benzene rings is 1. The molecule has 0 aliphatic carbocycles. The van der Waals surface area contributed by atoms with Gasteiger partial charge in [-0.25, -0.2) is 9.78 Å². The van der Waals surface area contributed by atoms with Crippen LogP contribution in [0.3, 0.4) is 0 Å². The Morgan fingerprint density at radius 1 is 1.50 bits per heavy atom. The van der Waals surface area contributed by atoms with Gasteiger partial charge in [0.15, 0.2) is 4.96 Å². The number of rotatable bonds is 4. The Labute approximate surface area is 119 Å². The van der Waals surface area contributed by atoms with Crippen molar-refractivity contribution in [1.29, 1.82) is 0 Å². The number of hydrogen-bond donors (Lipinski definition) is 1. The lowest BCUT2D eigenvalue weighted by Crippen LogP contribution is -2.04. The molecule has 102 valence electrons. The molecule has 0 atom stereocenters. The lowest BCUT2D eigenvalue weighted by molar-refractivity contribution is 0.0691. The third kappa shape index (κ3) is 2.37. The first kappa shape index (κ1) is 12.7. The molecule has 6 heteroatoms. The van der Waals surface area contributed by atoms with E-state index >= 15 is 0 Å². The van der Waals surface area contributed by atoms with Gasteiger partial charge >= 0.3 is 5.97 Å². The highest BCUT2D eigenvalue weighted by atomic mass is 32.1. The fraction of sp³-hybridized carbons (Fsp3) is 0.143. The minimum absolute atomic E-state index is 0.172. The molecule has 0 spiro atoms. The third-order valence-corrected chi connectivity index (χ3v) is 3.65. The van der Waals surface area contributed by atoms with Crippen LogP contribution in [0.25, 0.3) is 4.96 Å². The van der Waals surface area contributed by atoms with Crippen molar-refractivity contribution < 1.29 is 14.6 Å². The first-order chi connectivity index (χ1) is 9.63. The summed E-state index contributed by atoms with van der Waals surface area (Å²) < 4.78 is 7.50. The number of imidazole rings is 1. The van der Waals surface area contributed by atoms with Crippen molar-refractivity contribution in [3.8, 4) is 5.75 Å². The average Bonchev–Trinajstić information content (AvgIpc) is 2.97. The number of hydrogen-bond acceptors (Lipinski definition) is 4. The van der Waals surface area contributed by atoms with Crippen LogP contribution < -0.4 is 4.74 Å². The molecular weight excluding hydrogens is 276 g/mol. The molecule has 1 N–H and O–H groups in total. The van der Waals surface area contributed by atoms with Crippen LogP contribution in [0.4, 0.5) is 0 Å². The standard InChI is InChI=1S/C14H12N2O3S/c1-9-2-3-12(11(6-9)13(17)18)19-8-10-7-16-4-5-20-14(16)15-10/h2-7H,8H2,1H3,(H,17,18). The lowest BCUT2D eigenvalue weighted by Gasteiger charge is -2.08. The lowest BCUT2D eigenvalue weighted by atomic mass is 10.1. The van der Waals surface area contributed by atoms with Gasteiger partial charge in [0, 0.05) is 17.8 Å². The highest BCUT2D eigenvalue weighted by Crippen LogP contribution is 2.21. The van der Waals surface area contributed by atoms with Crippen LogP contribution in [0, 0.1) is 6.92 Å². The zero-order valence-electron chi connectivity index (χ0n) is 10.7. The highest BCUT2D eigenvalue weighted by molar-refractivity contribution is 7.15. The van der Waals surface area contributed by atoms with Gasteiger partial charge in [-0.1, -0.05) is 11.6 Å². The molecule has 3 aromatic rings. The van der Waals surface area contributed by atoms with Crippen LogP contribution in [-0.2, 0) is 6.61 Å². The number of carbonyl (C=O) groups is 1. The Morgan fingerprint density at radius 3 is 3.10 bits per heavy atom. The molecule has 0 saturated heterocycles. The van der Waals surface area contributed by atoms with E-state index in [2.05, 4.69) is 4.98 Å². The van der Waals surface area contributed by atoms with Gasteiger partial charge in [0.1, 0.15) is 17.9 Å². The fourth-order valence-corrected chi connectivity index (χ4v) is 2.65. The average molecular weight is 288 g/mol. The first-order valence-corrected chi connectivity index (χ1v) is 6.89. The zero-order valence-corrected chi connectivity index (χ0v) is 11.6. The van der Waals surface area contributed by atoms with E-state index < -0.39 is 5.97 Å². The summed E-state index contributed by atoms with van der Waals surface area (Å²) in [6, 6.07) is 5.11. The van der Waals surface area contributed by atoms with E-state index in [0.717, 1.165) is 16.2 Å². The third-order valence-electron chi connectivity index (χ3n) is 2.88. The summed E-state index contributed by atoms with van der Waals surface area (Å²) in [5.74, 6) is -0.631. The van der Waals surface area contributed by atoms with Crippen molar-refractivity contribution in [3.05, 3.63) is 52.8 Å². The van der Waals surface area contributed by atoms with Gasteiger partial charge in [-0.15, -0.1) is 11.3 Å². The molecule has 1 aromatic carbocycles. The van der Waals surface area contributed by atoms with Crippen molar-refractivity contribution in [2.45, 2.75) is 13.5 Å². The molecule has 0 saturated carbocycles. The smallest absolute Gasteiger partial charge is 0.339 e. The SMILES string of the molecule is Cc1ccc(OCc2cn3ccsc3n2)c(C(=O)O)c1. The fourth-order valence-electron chi connectivity index (χ4n) is 1.93. The molecule has 5 nitrogen and oxygen atoms in total. The van der Waals surface area contributed by atoms with E-state index in [0.29, 0.717) is 5.75 Å². The van der Waals surface area contributed by atoms with Crippen molar-refractivity contribution in [2.24, 2.45) is 0 Å². The molecule has 0 aliphatic rings. The first-order valence-electron chi connectivity index (χ1n) is 6.01. The number of ether oxygens (including phenoxy) is 1. The Balaban J connectivity index is 1.81. The summed E-state index contributed by atoms with van der Waals surface area (Å²) in [6.07, 6.45) is 3.80. The van der Waals surface area contributed by atoms with Crippen LogP contribution in [0.5, 0.6) is 5.75 Å². The molecule has 0 bridgehead atoms. The molecular formula is C14H12N2O3S. The second-order valence-corrected chi connectivity index (χ2v) is 5.29. The minimum atomic E-state index is -0.991. The number of aryl methyl sites for hydroxylation is 1. The molecule has 0 aliphatic heterocycles. The molecule has 20 heavy (non-hydrogen) atoms. The predicted octanol–water partition coefficient (Wildman–Crippen LogP) is 2.98. The maximum atomic E-state index is 11.2. The van der Waals surface area contributed by atoms with Crippen molar-refractivity contribution in [1.82, 2.24) is 9.38 Å². The Kier molecular flexibility index (Phi) is 3.15. The zero-order chi connectivity index (χ0) is 14.1. The Hall–Kier alpha value is -2.34. The number of carboxylic acid groups (broad SMARTS) is 1. The van der Waals surface area contributed by atoms with Crippen LogP contribution in [0.15, 0.2) is 36.0 Å². The summed E-state index contributed by atoms with van der Waals surface area (Å²) >= 11 is 1.54. The van der Waals surface area contributed by atoms with E-state index in [1.54, 1.807) is 23.5 Å². The summed E-state index contributed by atoms with van der Waals surface area (Å²) in [5.41, 5.74) is 1.83. The van der Waals surface area contributed by atoms with Gasteiger partial charge < -0.3 is 9.84 Å². The van der Waals surface area contributed by atoms with Crippen molar-refractivity contribution in [3.63, 3.8) is 0 Å². The normalized spacial score (nSPS) is 10.8. The van der Waals surface area contributed by atoms with Crippen LogP contribution in [-0.4, -0.2) is 20.5 Å². The van der Waals surface area contributed by atoms with Crippen molar-refractivity contribution >= 4 is 22.3 Å². The molecule has 0 radical (unpaired) electrons. The Bertz CT molecular complexity index is 747. The largest absolute Gasteiger partial charge is 0.486 e. The monoisotopic (exact) mass is 288 g/mol. The summed E-state index contributed by atoms with van der Waals surface area (Å²) in [7, 11) is 0. The van der Waals surface area contributed by atoms with Crippen LogP contribution in [0.2, 0.25) is 0 Å². The van der Waals surface area contributed by atoms with E-state index in [1.807, 2.05) is 35.2 Å². The van der Waals surface area contributed by atoms with Crippen LogP contribution >= 0.6 is 11.3 Å². The highest BCUT2D eigenvalue weighted by Gasteiger charge is 2.12. The van der Waals surface area contributed by atoms with E-state index in [4.69, 9.17) is 4.74 Å². The number of nitrogens with zero attached hydrogens (tertiary/aromatic N) is 2. The number of aromatic nitrogens is 2. The van der Waals surface area contributed by atoms with Gasteiger partial charge in [0.25, 0.3) is 0 Å². The van der Waals surface area contributed by atoms with Gasteiger partial charge in [0.05, 0.1) is 5.69 Å². The Morgan fingerprint density at radius 2 is 2.35 bits per heavy atom. The summed E-state index contributed by atoms with van der Waals surface area (Å²) in [6.45, 7) is 2.09. The quantitative estimate of drug-likeness (QED) is 0.801. The van der Waals surface area contributed by atoms with Crippen LogP contribution in [0.1, 0.15) is 21.6 Å². The van der Waals surface area contributed by atoms with E-state index in [1.165, 1.54) is 0 Å². The number of fused-ring (bicyclic) bond motifs is 1. The summed E-state index contributed by atoms with van der Waals surface area (Å²) in [4.78, 5) is 16.5. The van der Waals surface area contributed by atoms with E-state index in [9.17, 15) is 9.90 Å². The molecule has 0 unspecified atom stereocenters. The second-order valence-electron chi connectivity index (χ2n) is 4.42. The van der Waals surface area contributed by atoms with Gasteiger partial charge in [0.2, 0.25) is 0 Å². The number of carboxylic acids is 1. The number of aromatic carboxylic acids is 1. The topological polar surface area (TPSA) is 63.8 Å². The van der Waals surface area contributed by atoms with Crippen molar-refractivity contribution in [2.75, 3.05) is 0 Å². The predicted molar refractivity (Wildman–Crippen MR) is 75.5 cm³/mol. The number of thiazole rings is 1. The molecule has 2 aromatic heterocycles. The minimum Gasteiger partial charge on any atom is -0.486 e. The summed E-state index contributed by atoms with van der Waals surface area (Å²) in [5, 5.41) is 11.1. The van der Waals surface area contributed by atoms with Gasteiger partial charge in [-0.3, -0.25) is 4.40 Å². The van der Waals surface area contributed by atoms with Gasteiger partial charge in [-0.2, -0.15) is 0 Å². The maximum Gasteiger partial charge on any atom is 0.339 e. The molecule has 2 heterocycles. The molecule has 3 rings (SSSR count). The van der Waals surface area contributed by atoms with E-state index in [-0.39, 0.29) is 12.2 Å².